The Morgan fingerprint density at radius 2 is 1.68 bits per heavy atom. The summed E-state index contributed by atoms with van der Waals surface area (Å²) in [5.74, 6) is 0.628. The number of nitrogens with one attached hydrogen (secondary N) is 2. The molecule has 146 valence electrons. The number of ether oxygens (including phenoxy) is 2. The zero-order valence-electron chi connectivity index (χ0n) is 15.7. The molecule has 28 heavy (non-hydrogen) atoms. The fourth-order valence-electron chi connectivity index (χ4n) is 2.16. The molecule has 7 nitrogen and oxygen atoms in total. The van der Waals surface area contributed by atoms with Crippen LogP contribution in [0.3, 0.4) is 0 Å². The predicted octanol–water partition coefficient (Wildman–Crippen LogP) is 2.53. The van der Waals surface area contributed by atoms with E-state index < -0.39 is 5.91 Å². The molecule has 0 aliphatic rings. The third-order valence-electron chi connectivity index (χ3n) is 3.49. The number of carbonyl (C=O) groups excluding carboxylic acids is 2. The van der Waals surface area contributed by atoms with Crippen LogP contribution in [-0.4, -0.2) is 37.8 Å². The van der Waals surface area contributed by atoms with E-state index in [1.807, 2.05) is 19.1 Å². The maximum Gasteiger partial charge on any atom is 0.259 e. The van der Waals surface area contributed by atoms with Gasteiger partial charge in [0.15, 0.2) is 0 Å². The van der Waals surface area contributed by atoms with Gasteiger partial charge in [-0.2, -0.15) is 5.10 Å². The van der Waals surface area contributed by atoms with Crippen molar-refractivity contribution in [1.82, 2.24) is 10.7 Å². The molecular weight excluding hydrogens is 358 g/mol. The molecule has 2 rings (SSSR count). The molecule has 0 aliphatic carbocycles. The van der Waals surface area contributed by atoms with Gasteiger partial charge in [-0.3, -0.25) is 9.59 Å². The first kappa shape index (κ1) is 20.7. The van der Waals surface area contributed by atoms with Crippen LogP contribution in [0.4, 0.5) is 0 Å². The van der Waals surface area contributed by atoms with Gasteiger partial charge in [-0.05, 0) is 61.0 Å². The Bertz CT molecular complexity index is 815. The first-order valence-electron chi connectivity index (χ1n) is 8.79. The number of nitrogens with zero attached hydrogens (tertiary/aromatic N) is 1. The highest BCUT2D eigenvalue weighted by molar-refractivity contribution is 5.96. The molecule has 0 fully saturated rings. The SMILES string of the molecule is C=CCOc1ccc(/C=N\NC(=O)CNC(=O)c2ccc(OCC)cc2)cc1. The van der Waals surface area contributed by atoms with Crippen LogP contribution in [0.1, 0.15) is 22.8 Å². The Hall–Kier alpha value is -3.61. The number of carbonyl (C=O) groups is 2. The lowest BCUT2D eigenvalue weighted by atomic mass is 10.2. The average molecular weight is 381 g/mol. The number of hydrogen-bond donors (Lipinski definition) is 2. The highest BCUT2D eigenvalue weighted by Gasteiger charge is 2.07. The summed E-state index contributed by atoms with van der Waals surface area (Å²) in [5.41, 5.74) is 3.60. The smallest absolute Gasteiger partial charge is 0.259 e. The summed E-state index contributed by atoms with van der Waals surface area (Å²) in [5, 5.41) is 6.40. The van der Waals surface area contributed by atoms with Crippen LogP contribution < -0.4 is 20.2 Å². The van der Waals surface area contributed by atoms with E-state index in [0.717, 1.165) is 11.3 Å². The zero-order valence-corrected chi connectivity index (χ0v) is 15.7. The normalized spacial score (nSPS) is 10.3. The Labute approximate surface area is 164 Å². The molecular formula is C21H23N3O4. The lowest BCUT2D eigenvalue weighted by Crippen LogP contribution is -2.34. The second kappa shape index (κ2) is 11.2. The molecule has 0 heterocycles. The maximum atomic E-state index is 12.0. The summed E-state index contributed by atoms with van der Waals surface area (Å²) in [6.07, 6.45) is 3.17. The number of benzene rings is 2. The Morgan fingerprint density at radius 3 is 2.32 bits per heavy atom. The van der Waals surface area contributed by atoms with Crippen LogP contribution in [0.2, 0.25) is 0 Å². The van der Waals surface area contributed by atoms with Crippen molar-refractivity contribution in [2.45, 2.75) is 6.92 Å². The Balaban J connectivity index is 1.75. The van der Waals surface area contributed by atoms with Gasteiger partial charge in [-0.25, -0.2) is 5.43 Å². The second-order valence-electron chi connectivity index (χ2n) is 5.60. The number of amides is 2. The van der Waals surface area contributed by atoms with Crippen molar-refractivity contribution >= 4 is 18.0 Å². The third kappa shape index (κ3) is 6.95. The van der Waals surface area contributed by atoms with E-state index in [0.29, 0.717) is 24.5 Å². The number of rotatable bonds is 10. The van der Waals surface area contributed by atoms with Gasteiger partial charge in [0.2, 0.25) is 0 Å². The van der Waals surface area contributed by atoms with Crippen LogP contribution >= 0.6 is 0 Å². The Morgan fingerprint density at radius 1 is 1.04 bits per heavy atom. The first-order chi connectivity index (χ1) is 13.6. The number of hydrazone groups is 1. The summed E-state index contributed by atoms with van der Waals surface area (Å²) in [6.45, 7) is 6.28. The van der Waals surface area contributed by atoms with Gasteiger partial charge >= 0.3 is 0 Å². The van der Waals surface area contributed by atoms with Gasteiger partial charge < -0.3 is 14.8 Å². The molecule has 0 aromatic heterocycles. The summed E-state index contributed by atoms with van der Waals surface area (Å²) >= 11 is 0. The largest absolute Gasteiger partial charge is 0.494 e. The van der Waals surface area contributed by atoms with Crippen LogP contribution in [0.25, 0.3) is 0 Å². The predicted molar refractivity (Wildman–Crippen MR) is 108 cm³/mol. The van der Waals surface area contributed by atoms with Gasteiger partial charge in [-0.15, -0.1) is 0 Å². The fourth-order valence-corrected chi connectivity index (χ4v) is 2.16. The maximum absolute atomic E-state index is 12.0. The van der Waals surface area contributed by atoms with E-state index in [9.17, 15) is 9.59 Å². The minimum absolute atomic E-state index is 0.183. The van der Waals surface area contributed by atoms with Crippen molar-refractivity contribution in [3.63, 3.8) is 0 Å². The monoisotopic (exact) mass is 381 g/mol. The molecule has 2 aromatic rings. The molecule has 0 bridgehead atoms. The van der Waals surface area contributed by atoms with Crippen LogP contribution in [0.5, 0.6) is 11.5 Å². The lowest BCUT2D eigenvalue weighted by Gasteiger charge is -2.06. The van der Waals surface area contributed by atoms with E-state index in [-0.39, 0.29) is 12.5 Å². The molecule has 0 spiro atoms. The standard InChI is InChI=1S/C21H23N3O4/c1-3-13-28-19-9-5-16(6-10-19)14-23-24-20(25)15-22-21(26)17-7-11-18(12-8-17)27-4-2/h3,5-12,14H,1,4,13,15H2,2H3,(H,22,26)(H,24,25)/b23-14-. The minimum atomic E-state index is -0.429. The first-order valence-corrected chi connectivity index (χ1v) is 8.79. The van der Waals surface area contributed by atoms with Crippen molar-refractivity contribution in [2.75, 3.05) is 19.8 Å². The molecule has 0 saturated carbocycles. The van der Waals surface area contributed by atoms with Gasteiger partial charge in [-0.1, -0.05) is 12.7 Å². The van der Waals surface area contributed by atoms with Gasteiger partial charge in [0.1, 0.15) is 18.1 Å². The molecule has 7 heteroatoms. The van der Waals surface area contributed by atoms with Crippen LogP contribution in [0.15, 0.2) is 66.3 Å². The number of hydrogen-bond acceptors (Lipinski definition) is 5. The van der Waals surface area contributed by atoms with Gasteiger partial charge in [0, 0.05) is 5.56 Å². The minimum Gasteiger partial charge on any atom is -0.494 e. The molecule has 0 atom stereocenters. The molecule has 2 aromatic carbocycles. The van der Waals surface area contributed by atoms with Gasteiger partial charge in [0.05, 0.1) is 19.4 Å². The highest BCUT2D eigenvalue weighted by atomic mass is 16.5. The van der Waals surface area contributed by atoms with Crippen molar-refractivity contribution in [2.24, 2.45) is 5.10 Å². The van der Waals surface area contributed by atoms with E-state index in [4.69, 9.17) is 9.47 Å². The lowest BCUT2D eigenvalue weighted by molar-refractivity contribution is -0.120. The van der Waals surface area contributed by atoms with Crippen LogP contribution in [-0.2, 0) is 4.79 Å². The zero-order chi connectivity index (χ0) is 20.2. The summed E-state index contributed by atoms with van der Waals surface area (Å²) in [6, 6.07) is 13.9. The van der Waals surface area contributed by atoms with Crippen molar-refractivity contribution in [3.8, 4) is 11.5 Å². The van der Waals surface area contributed by atoms with E-state index in [1.54, 1.807) is 42.5 Å². The summed E-state index contributed by atoms with van der Waals surface area (Å²) in [4.78, 5) is 23.8. The topological polar surface area (TPSA) is 89.0 Å². The fraction of sp³-hybridized carbons (Fsp3) is 0.190. The summed E-state index contributed by atoms with van der Waals surface area (Å²) < 4.78 is 10.7. The van der Waals surface area contributed by atoms with Gasteiger partial charge in [0.25, 0.3) is 11.8 Å². The average Bonchev–Trinajstić information content (AvgIpc) is 2.72. The Kier molecular flexibility index (Phi) is 8.26. The molecule has 0 unspecified atom stereocenters. The van der Waals surface area contributed by atoms with Crippen molar-refractivity contribution < 1.29 is 19.1 Å². The molecule has 2 N–H and O–H groups in total. The molecule has 2 amide bonds. The van der Waals surface area contributed by atoms with E-state index in [2.05, 4.69) is 22.4 Å². The van der Waals surface area contributed by atoms with Crippen molar-refractivity contribution in [1.29, 1.82) is 0 Å². The quantitative estimate of drug-likeness (QED) is 0.376. The van der Waals surface area contributed by atoms with E-state index >= 15 is 0 Å². The molecule has 0 radical (unpaired) electrons. The summed E-state index contributed by atoms with van der Waals surface area (Å²) in [7, 11) is 0. The highest BCUT2D eigenvalue weighted by Crippen LogP contribution is 2.12. The van der Waals surface area contributed by atoms with Crippen LogP contribution in [0, 0.1) is 0 Å². The van der Waals surface area contributed by atoms with E-state index in [1.165, 1.54) is 6.21 Å². The molecule has 0 aliphatic heterocycles. The molecule has 0 saturated heterocycles. The third-order valence-corrected chi connectivity index (χ3v) is 3.49. The second-order valence-corrected chi connectivity index (χ2v) is 5.60. The van der Waals surface area contributed by atoms with Crippen molar-refractivity contribution in [3.05, 3.63) is 72.3 Å².